The molecule has 2 rings (SSSR count). The molecule has 0 aromatic carbocycles. The number of nitrogens with two attached hydrogens (primary N) is 1. The van der Waals surface area contributed by atoms with Gasteiger partial charge in [0.25, 0.3) is 12.1 Å². The number of nitrogens with zero attached hydrogens (tertiary/aromatic N) is 1. The Morgan fingerprint density at radius 3 is 2.39 bits per heavy atom. The van der Waals surface area contributed by atoms with Crippen molar-refractivity contribution in [3.63, 3.8) is 0 Å². The summed E-state index contributed by atoms with van der Waals surface area (Å²) in [6, 6.07) is 3.08. The quantitative estimate of drug-likeness (QED) is 0.392. The van der Waals surface area contributed by atoms with Crippen LogP contribution in [0.1, 0.15) is 44.3 Å². The van der Waals surface area contributed by atoms with Gasteiger partial charge in [-0.1, -0.05) is 0 Å². The zero-order valence-electron chi connectivity index (χ0n) is 16.3. The molecule has 0 saturated carbocycles. The summed E-state index contributed by atoms with van der Waals surface area (Å²) >= 11 is 0. The highest BCUT2D eigenvalue weighted by Gasteiger charge is 2.49. The molecule has 1 fully saturated rings. The topological polar surface area (TPSA) is 141 Å². The number of rotatable bonds is 9. The largest absolute Gasteiger partial charge is 0.475 e. The molecule has 1 unspecified atom stereocenters. The maximum atomic E-state index is 12.7. The van der Waals surface area contributed by atoms with E-state index in [2.05, 4.69) is 0 Å². The van der Waals surface area contributed by atoms with Gasteiger partial charge in [0.2, 0.25) is 0 Å². The predicted molar refractivity (Wildman–Crippen MR) is 97.1 cm³/mol. The van der Waals surface area contributed by atoms with Crippen LogP contribution in [0.15, 0.2) is 24.5 Å². The van der Waals surface area contributed by atoms with Crippen molar-refractivity contribution in [1.82, 2.24) is 0 Å². The monoisotopic (exact) mass is 419 g/mol. The number of carbonyl (C=O) groups is 1. The maximum Gasteiger partial charge on any atom is 0.475 e. The van der Waals surface area contributed by atoms with Crippen molar-refractivity contribution >= 4 is 13.7 Å². The van der Waals surface area contributed by atoms with Gasteiger partial charge in [0.1, 0.15) is 17.8 Å². The molecular formula is C17H28N2O8P+. The number of carbonyl (C=O) groups excluding carboxylic acids is 1. The Morgan fingerprint density at radius 1 is 1.25 bits per heavy atom. The molecule has 4 N–H and O–H groups in total. The van der Waals surface area contributed by atoms with Crippen molar-refractivity contribution in [2.24, 2.45) is 5.73 Å². The fourth-order valence-corrected chi connectivity index (χ4v) is 4.21. The summed E-state index contributed by atoms with van der Waals surface area (Å²) in [4.78, 5) is 11.3. The maximum absolute atomic E-state index is 12.7. The number of phosphoric ester groups is 1. The van der Waals surface area contributed by atoms with Crippen molar-refractivity contribution in [1.29, 1.82) is 0 Å². The minimum atomic E-state index is -3.88. The minimum Gasteiger partial charge on any atom is -0.387 e. The molecule has 0 bridgehead atoms. The van der Waals surface area contributed by atoms with E-state index >= 15 is 0 Å². The molecule has 1 aromatic heterocycles. The third kappa shape index (κ3) is 5.81. The van der Waals surface area contributed by atoms with Crippen molar-refractivity contribution < 1.29 is 42.4 Å². The summed E-state index contributed by atoms with van der Waals surface area (Å²) in [6.45, 7) is 6.40. The second kappa shape index (κ2) is 9.41. The van der Waals surface area contributed by atoms with Crippen LogP contribution in [0.25, 0.3) is 0 Å². The highest BCUT2D eigenvalue weighted by molar-refractivity contribution is 7.48. The number of hydrogen-bond acceptors (Lipinski definition) is 8. The van der Waals surface area contributed by atoms with E-state index in [0.29, 0.717) is 0 Å². The van der Waals surface area contributed by atoms with Crippen LogP contribution in [0.5, 0.6) is 0 Å². The number of aliphatic hydroxyl groups excluding tert-OH is 2. The SMILES string of the molecule is CC(C)OP(=O)(OC[C@H]1OC([n+]2cccc(C(N)=O)c2)[C@H](O)[C@@H]1O)OC(C)C. The molecule has 28 heavy (non-hydrogen) atoms. The standard InChI is InChI=1S/C17H27N2O8P/c1-10(2)26-28(23,27-11(3)4)24-9-13-14(20)15(21)17(25-13)19-7-5-6-12(8-19)16(18)22/h5-8,10-11,13-15,17,20-21H,9H2,1-4H3,(H-,18,22)/p+1/t13-,14-,15-,17?/m1/s1. The van der Waals surface area contributed by atoms with Gasteiger partial charge in [-0.25, -0.2) is 4.57 Å². The fraction of sp³-hybridized carbons (Fsp3) is 0.647. The number of aliphatic hydroxyl groups is 2. The summed E-state index contributed by atoms with van der Waals surface area (Å²) in [5.41, 5.74) is 5.48. The lowest BCUT2D eigenvalue weighted by Crippen LogP contribution is -2.46. The molecule has 1 aliphatic rings. The van der Waals surface area contributed by atoms with Gasteiger partial charge in [-0.15, -0.1) is 0 Å². The van der Waals surface area contributed by atoms with Gasteiger partial charge >= 0.3 is 7.82 Å². The number of ether oxygens (including phenoxy) is 1. The normalized spacial score (nSPS) is 25.6. The van der Waals surface area contributed by atoms with E-state index in [0.717, 1.165) is 0 Å². The first kappa shape index (κ1) is 22.9. The number of aromatic nitrogens is 1. The molecule has 4 atom stereocenters. The van der Waals surface area contributed by atoms with Gasteiger partial charge in [0.05, 0.1) is 18.8 Å². The third-order valence-corrected chi connectivity index (χ3v) is 5.64. The summed E-state index contributed by atoms with van der Waals surface area (Å²) in [5.74, 6) is -0.639. The molecule has 1 saturated heterocycles. The number of phosphoric acid groups is 1. The van der Waals surface area contributed by atoms with E-state index in [1.165, 1.54) is 16.8 Å². The van der Waals surface area contributed by atoms with Crippen LogP contribution in [-0.2, 0) is 22.9 Å². The average Bonchev–Trinajstić information content (AvgIpc) is 2.87. The zero-order chi connectivity index (χ0) is 21.1. The number of pyridine rings is 1. The molecule has 10 nitrogen and oxygen atoms in total. The summed E-state index contributed by atoms with van der Waals surface area (Å²) < 4.78 is 35.7. The van der Waals surface area contributed by atoms with Gasteiger partial charge in [-0.05, 0) is 33.8 Å². The molecule has 0 radical (unpaired) electrons. The average molecular weight is 419 g/mol. The zero-order valence-corrected chi connectivity index (χ0v) is 17.2. The second-order valence-corrected chi connectivity index (χ2v) is 8.58. The number of hydrogen-bond donors (Lipinski definition) is 3. The van der Waals surface area contributed by atoms with Gasteiger partial charge in [-0.2, -0.15) is 4.57 Å². The molecular weight excluding hydrogens is 391 g/mol. The van der Waals surface area contributed by atoms with E-state index in [9.17, 15) is 19.6 Å². The summed E-state index contributed by atoms with van der Waals surface area (Å²) in [6.07, 6.45) is -2.47. The van der Waals surface area contributed by atoms with Crippen LogP contribution < -0.4 is 10.3 Å². The van der Waals surface area contributed by atoms with E-state index in [1.54, 1.807) is 40.0 Å². The fourth-order valence-electron chi connectivity index (χ4n) is 2.68. The van der Waals surface area contributed by atoms with E-state index in [-0.39, 0.29) is 12.2 Å². The van der Waals surface area contributed by atoms with Crippen LogP contribution in [-0.4, -0.2) is 53.2 Å². The van der Waals surface area contributed by atoms with Crippen molar-refractivity contribution in [3.05, 3.63) is 30.1 Å². The highest BCUT2D eigenvalue weighted by Crippen LogP contribution is 2.52. The molecule has 0 aliphatic carbocycles. The van der Waals surface area contributed by atoms with Crippen molar-refractivity contribution in [3.8, 4) is 0 Å². The number of primary amides is 1. The highest BCUT2D eigenvalue weighted by atomic mass is 31.2. The van der Waals surface area contributed by atoms with Crippen LogP contribution in [0.3, 0.4) is 0 Å². The lowest BCUT2D eigenvalue weighted by Gasteiger charge is -2.23. The lowest BCUT2D eigenvalue weighted by atomic mass is 10.1. The Hall–Kier alpha value is -1.39. The summed E-state index contributed by atoms with van der Waals surface area (Å²) in [5, 5.41) is 20.6. The smallest absolute Gasteiger partial charge is 0.387 e. The first-order valence-corrected chi connectivity index (χ1v) is 10.4. The van der Waals surface area contributed by atoms with Crippen molar-refractivity contribution in [2.75, 3.05) is 6.61 Å². The van der Waals surface area contributed by atoms with Gasteiger partial charge in [0, 0.05) is 6.07 Å². The van der Waals surface area contributed by atoms with Crippen LogP contribution >= 0.6 is 7.82 Å². The van der Waals surface area contributed by atoms with Crippen molar-refractivity contribution in [2.45, 2.75) is 64.4 Å². The lowest BCUT2D eigenvalue weighted by molar-refractivity contribution is -0.765. The Labute approximate surface area is 163 Å². The Bertz CT molecular complexity index is 715. The van der Waals surface area contributed by atoms with E-state index in [1.807, 2.05) is 0 Å². The first-order chi connectivity index (χ1) is 13.0. The Balaban J connectivity index is 2.10. The van der Waals surface area contributed by atoms with E-state index < -0.39 is 50.5 Å². The molecule has 11 heteroatoms. The van der Waals surface area contributed by atoms with E-state index in [4.69, 9.17) is 24.0 Å². The molecule has 2 heterocycles. The summed E-state index contributed by atoms with van der Waals surface area (Å²) in [7, 11) is -3.88. The molecule has 0 spiro atoms. The van der Waals surface area contributed by atoms with Gasteiger partial charge in [-0.3, -0.25) is 18.4 Å². The Morgan fingerprint density at radius 2 is 1.86 bits per heavy atom. The molecule has 1 aliphatic heterocycles. The van der Waals surface area contributed by atoms with Crippen LogP contribution in [0.2, 0.25) is 0 Å². The third-order valence-electron chi connectivity index (χ3n) is 3.81. The molecule has 1 aromatic rings. The molecule has 1 amide bonds. The second-order valence-electron chi connectivity index (χ2n) is 7.00. The van der Waals surface area contributed by atoms with Gasteiger partial charge < -0.3 is 20.7 Å². The minimum absolute atomic E-state index is 0.215. The van der Waals surface area contributed by atoms with Gasteiger partial charge in [0.15, 0.2) is 18.5 Å². The molecule has 158 valence electrons. The first-order valence-electron chi connectivity index (χ1n) is 8.96. The Kier molecular flexibility index (Phi) is 7.69. The van der Waals surface area contributed by atoms with Crippen LogP contribution in [0.4, 0.5) is 0 Å². The predicted octanol–water partition coefficient (Wildman–Crippen LogP) is 0.667. The number of amides is 1. The van der Waals surface area contributed by atoms with Crippen LogP contribution in [0, 0.1) is 0 Å².